The maximum atomic E-state index is 12.8. The van der Waals surface area contributed by atoms with Crippen LogP contribution in [-0.4, -0.2) is 16.9 Å². The van der Waals surface area contributed by atoms with Gasteiger partial charge in [-0.2, -0.15) is 13.2 Å². The van der Waals surface area contributed by atoms with Crippen LogP contribution < -0.4 is 15.8 Å². The van der Waals surface area contributed by atoms with Crippen molar-refractivity contribution in [3.8, 4) is 11.6 Å². The van der Waals surface area contributed by atoms with E-state index < -0.39 is 17.6 Å². The fourth-order valence-electron chi connectivity index (χ4n) is 3.07. The van der Waals surface area contributed by atoms with Gasteiger partial charge in [0.05, 0.1) is 11.1 Å². The molecule has 3 rings (SSSR count). The molecule has 1 unspecified atom stereocenters. The van der Waals surface area contributed by atoms with E-state index in [4.69, 9.17) is 10.5 Å². The second-order valence-corrected chi connectivity index (χ2v) is 7.51. The highest BCUT2D eigenvalue weighted by molar-refractivity contribution is 5.92. The van der Waals surface area contributed by atoms with Crippen LogP contribution in [0.4, 0.5) is 13.2 Å². The van der Waals surface area contributed by atoms with Crippen LogP contribution in [0.25, 0.3) is 0 Å². The standard InChI is InChI=1S/C24H24F3N3O2/c1-16(29-14-18-3-2-4-20(13-18)24(25,26)27)5-6-17-7-10-21(11-8-17)32-22-12-9-19(15-30-22)23(28)31/h2-4,7-13,15-16,29H,5-6,14H2,1H3,(H2,28,31). The van der Waals surface area contributed by atoms with E-state index >= 15 is 0 Å². The number of alkyl halides is 3. The predicted octanol–water partition coefficient (Wildman–Crippen LogP) is 5.10. The molecule has 0 spiro atoms. The predicted molar refractivity (Wildman–Crippen MR) is 115 cm³/mol. The van der Waals surface area contributed by atoms with Gasteiger partial charge in [-0.05, 0) is 55.2 Å². The van der Waals surface area contributed by atoms with Crippen molar-refractivity contribution in [2.45, 2.75) is 38.5 Å². The summed E-state index contributed by atoms with van der Waals surface area (Å²) < 4.78 is 44.1. The molecule has 0 saturated heterocycles. The van der Waals surface area contributed by atoms with Crippen molar-refractivity contribution in [1.82, 2.24) is 10.3 Å². The summed E-state index contributed by atoms with van der Waals surface area (Å²) in [6.45, 7) is 2.38. The minimum absolute atomic E-state index is 0.133. The number of hydrogen-bond donors (Lipinski definition) is 2. The number of halogens is 3. The average molecular weight is 443 g/mol. The number of carbonyl (C=O) groups excluding carboxylic acids is 1. The minimum atomic E-state index is -4.33. The summed E-state index contributed by atoms with van der Waals surface area (Å²) in [5.74, 6) is 0.422. The van der Waals surface area contributed by atoms with Crippen LogP contribution in [0.15, 0.2) is 66.9 Å². The van der Waals surface area contributed by atoms with Gasteiger partial charge >= 0.3 is 6.18 Å². The third-order valence-corrected chi connectivity index (χ3v) is 4.94. The number of rotatable bonds is 9. The molecule has 1 amide bonds. The van der Waals surface area contributed by atoms with Gasteiger partial charge in [-0.25, -0.2) is 4.98 Å². The van der Waals surface area contributed by atoms with Crippen LogP contribution in [0, 0.1) is 0 Å². The number of aromatic nitrogens is 1. The Kier molecular flexibility index (Phi) is 7.48. The number of nitrogens with two attached hydrogens (primary N) is 1. The fraction of sp³-hybridized carbons (Fsp3) is 0.250. The number of hydrogen-bond acceptors (Lipinski definition) is 4. The number of carbonyl (C=O) groups is 1. The van der Waals surface area contributed by atoms with Crippen molar-refractivity contribution in [2.75, 3.05) is 0 Å². The Hall–Kier alpha value is -3.39. The van der Waals surface area contributed by atoms with Gasteiger partial charge in [0.1, 0.15) is 5.75 Å². The van der Waals surface area contributed by atoms with Crippen molar-refractivity contribution in [3.05, 3.63) is 89.1 Å². The molecule has 3 N–H and O–H groups in total. The Bertz CT molecular complexity index is 1040. The molecular formula is C24H24F3N3O2. The minimum Gasteiger partial charge on any atom is -0.439 e. The number of aryl methyl sites for hydroxylation is 1. The molecule has 0 aliphatic rings. The largest absolute Gasteiger partial charge is 0.439 e. The summed E-state index contributed by atoms with van der Waals surface area (Å²) in [5, 5.41) is 3.27. The number of amides is 1. The maximum absolute atomic E-state index is 12.8. The van der Waals surface area contributed by atoms with Crippen molar-refractivity contribution in [3.63, 3.8) is 0 Å². The Balaban J connectivity index is 1.46. The molecule has 5 nitrogen and oxygen atoms in total. The van der Waals surface area contributed by atoms with Crippen LogP contribution in [0.5, 0.6) is 11.6 Å². The average Bonchev–Trinajstić information content (AvgIpc) is 2.77. The lowest BCUT2D eigenvalue weighted by Gasteiger charge is -2.15. The van der Waals surface area contributed by atoms with Gasteiger partial charge in [0, 0.05) is 24.8 Å². The zero-order valence-corrected chi connectivity index (χ0v) is 17.5. The Labute approximate surface area is 184 Å². The highest BCUT2D eigenvalue weighted by Gasteiger charge is 2.30. The van der Waals surface area contributed by atoms with Gasteiger partial charge in [-0.15, -0.1) is 0 Å². The molecule has 2 aromatic carbocycles. The first-order valence-corrected chi connectivity index (χ1v) is 10.1. The second-order valence-electron chi connectivity index (χ2n) is 7.51. The van der Waals surface area contributed by atoms with E-state index in [9.17, 15) is 18.0 Å². The summed E-state index contributed by atoms with van der Waals surface area (Å²) in [7, 11) is 0. The second kappa shape index (κ2) is 10.3. The van der Waals surface area contributed by atoms with Crippen LogP contribution in [0.1, 0.15) is 40.4 Å². The molecule has 0 aliphatic heterocycles. The van der Waals surface area contributed by atoms with Crippen molar-refractivity contribution in [2.24, 2.45) is 5.73 Å². The number of primary amides is 1. The number of pyridine rings is 1. The topological polar surface area (TPSA) is 77.2 Å². The first-order valence-electron chi connectivity index (χ1n) is 10.1. The van der Waals surface area contributed by atoms with E-state index in [2.05, 4.69) is 10.3 Å². The number of ether oxygens (including phenoxy) is 1. The van der Waals surface area contributed by atoms with Crippen LogP contribution >= 0.6 is 0 Å². The van der Waals surface area contributed by atoms with Gasteiger partial charge in [0.25, 0.3) is 0 Å². The summed E-state index contributed by atoms with van der Waals surface area (Å²) >= 11 is 0. The maximum Gasteiger partial charge on any atom is 0.416 e. The van der Waals surface area contributed by atoms with E-state index in [1.165, 1.54) is 18.3 Å². The molecule has 0 saturated carbocycles. The smallest absolute Gasteiger partial charge is 0.416 e. The monoisotopic (exact) mass is 443 g/mol. The highest BCUT2D eigenvalue weighted by Crippen LogP contribution is 2.29. The molecule has 0 radical (unpaired) electrons. The zero-order valence-electron chi connectivity index (χ0n) is 17.5. The van der Waals surface area contributed by atoms with Gasteiger partial charge < -0.3 is 15.8 Å². The molecule has 3 aromatic rings. The molecule has 32 heavy (non-hydrogen) atoms. The third-order valence-electron chi connectivity index (χ3n) is 4.94. The summed E-state index contributed by atoms with van der Waals surface area (Å²) in [6.07, 6.45) is -1.34. The molecule has 0 bridgehead atoms. The van der Waals surface area contributed by atoms with Crippen LogP contribution in [0.2, 0.25) is 0 Å². The van der Waals surface area contributed by atoms with E-state index in [0.717, 1.165) is 24.5 Å². The van der Waals surface area contributed by atoms with E-state index in [-0.39, 0.29) is 6.04 Å². The summed E-state index contributed by atoms with van der Waals surface area (Å²) in [6, 6.07) is 16.2. The molecule has 1 atom stereocenters. The molecule has 0 fully saturated rings. The Morgan fingerprint density at radius 2 is 1.84 bits per heavy atom. The quantitative estimate of drug-likeness (QED) is 0.482. The number of benzene rings is 2. The summed E-state index contributed by atoms with van der Waals surface area (Å²) in [5.41, 5.74) is 6.58. The number of nitrogens with zero attached hydrogens (tertiary/aromatic N) is 1. The zero-order chi connectivity index (χ0) is 23.1. The normalized spacial score (nSPS) is 12.4. The Morgan fingerprint density at radius 3 is 2.47 bits per heavy atom. The first kappa shape index (κ1) is 23.3. The highest BCUT2D eigenvalue weighted by atomic mass is 19.4. The molecule has 8 heteroatoms. The molecule has 1 aromatic heterocycles. The number of nitrogens with one attached hydrogen (secondary N) is 1. The van der Waals surface area contributed by atoms with Crippen molar-refractivity contribution in [1.29, 1.82) is 0 Å². The lowest BCUT2D eigenvalue weighted by molar-refractivity contribution is -0.137. The molecular weight excluding hydrogens is 419 g/mol. The van der Waals surface area contributed by atoms with Gasteiger partial charge in [0.2, 0.25) is 11.8 Å². The molecule has 0 aliphatic carbocycles. The first-order chi connectivity index (χ1) is 15.2. The van der Waals surface area contributed by atoms with Crippen LogP contribution in [-0.2, 0) is 19.1 Å². The van der Waals surface area contributed by atoms with E-state index in [0.29, 0.717) is 29.3 Å². The van der Waals surface area contributed by atoms with Gasteiger partial charge in [0.15, 0.2) is 0 Å². The SMILES string of the molecule is CC(CCc1ccc(Oc2ccc(C(N)=O)cn2)cc1)NCc1cccc(C(F)(F)F)c1. The van der Waals surface area contributed by atoms with Gasteiger partial charge in [-0.3, -0.25) is 4.79 Å². The van der Waals surface area contributed by atoms with E-state index in [1.54, 1.807) is 18.2 Å². The molecule has 1 heterocycles. The van der Waals surface area contributed by atoms with E-state index in [1.807, 2.05) is 31.2 Å². The van der Waals surface area contributed by atoms with Gasteiger partial charge in [-0.1, -0.05) is 30.3 Å². The van der Waals surface area contributed by atoms with Crippen molar-refractivity contribution < 1.29 is 22.7 Å². The fourth-order valence-corrected chi connectivity index (χ4v) is 3.07. The third kappa shape index (κ3) is 6.81. The lowest BCUT2D eigenvalue weighted by Crippen LogP contribution is -2.26. The lowest BCUT2D eigenvalue weighted by atomic mass is 10.1. The van der Waals surface area contributed by atoms with Crippen LogP contribution in [0.3, 0.4) is 0 Å². The molecule has 168 valence electrons. The van der Waals surface area contributed by atoms with Crippen molar-refractivity contribution >= 4 is 5.91 Å². The summed E-state index contributed by atoms with van der Waals surface area (Å²) in [4.78, 5) is 15.1. The Morgan fingerprint density at radius 1 is 1.09 bits per heavy atom.